The van der Waals surface area contributed by atoms with Crippen LogP contribution in [0.2, 0.25) is 0 Å². The van der Waals surface area contributed by atoms with E-state index in [1.807, 2.05) is 0 Å². The maximum Gasteiger partial charge on any atom is 0.455 e. The minimum Gasteiger partial charge on any atom is -0.507 e. The highest BCUT2D eigenvalue weighted by molar-refractivity contribution is 6.02. The zero-order valence-electron chi connectivity index (χ0n) is 6.90. The summed E-state index contributed by atoms with van der Waals surface area (Å²) >= 11 is 0. The lowest BCUT2D eigenvalue weighted by molar-refractivity contribution is -0.0886. The number of Topliss-reactive ketones (excluding diaryl/α,β-unsaturated/α-hetero) is 1. The Hall–Kier alpha value is -1.66. The van der Waals surface area contributed by atoms with Crippen molar-refractivity contribution < 1.29 is 31.9 Å². The van der Waals surface area contributed by atoms with Gasteiger partial charge in [0.15, 0.2) is 11.6 Å². The summed E-state index contributed by atoms with van der Waals surface area (Å²) in [6.07, 6.45) is -5.25. The predicted molar refractivity (Wildman–Crippen MR) is 38.4 cm³/mol. The smallest absolute Gasteiger partial charge is 0.455 e. The molecule has 1 rings (SSSR count). The van der Waals surface area contributed by atoms with Gasteiger partial charge in [-0.15, -0.1) is 0 Å². The fraction of sp³-hybridized carbons (Fsp3) is 0.125. The number of rotatable bonds is 1. The molecule has 0 unspecified atom stereocenters. The van der Waals surface area contributed by atoms with Crippen LogP contribution < -0.4 is 0 Å². The fourth-order valence-corrected chi connectivity index (χ4v) is 0.871. The van der Waals surface area contributed by atoms with E-state index in [2.05, 4.69) is 0 Å². The van der Waals surface area contributed by atoms with Crippen molar-refractivity contribution >= 4 is 5.78 Å². The number of aromatic hydroxyl groups is 1. The van der Waals surface area contributed by atoms with E-state index in [9.17, 15) is 26.7 Å². The second-order valence-corrected chi connectivity index (χ2v) is 2.61. The lowest BCUT2D eigenvalue weighted by atomic mass is 10.1. The molecule has 82 valence electrons. The molecule has 0 aliphatic carbocycles. The van der Waals surface area contributed by atoms with Crippen LogP contribution in [-0.4, -0.2) is 17.1 Å². The third-order valence-electron chi connectivity index (χ3n) is 1.54. The molecular formula is C8H3F5O2. The van der Waals surface area contributed by atoms with E-state index in [-0.39, 0.29) is 12.1 Å². The normalized spacial score (nSPS) is 11.5. The molecule has 0 aliphatic rings. The average molecular weight is 226 g/mol. The summed E-state index contributed by atoms with van der Waals surface area (Å²) in [5.74, 6) is -6.86. The summed E-state index contributed by atoms with van der Waals surface area (Å²) < 4.78 is 60.5. The molecule has 0 heterocycles. The Balaban J connectivity index is 3.28. The number of halogens is 5. The molecule has 0 bridgehead atoms. The second kappa shape index (κ2) is 3.48. The first-order valence-electron chi connectivity index (χ1n) is 3.53. The summed E-state index contributed by atoms with van der Waals surface area (Å²) in [5, 5.41) is 8.82. The molecule has 0 radical (unpaired) electrons. The van der Waals surface area contributed by atoms with Crippen molar-refractivity contribution in [1.82, 2.24) is 0 Å². The van der Waals surface area contributed by atoms with E-state index in [0.717, 1.165) is 0 Å². The first-order valence-corrected chi connectivity index (χ1v) is 3.53. The number of alkyl halides is 3. The Morgan fingerprint density at radius 3 is 2.07 bits per heavy atom. The SMILES string of the molecule is O=C(c1cc(F)c(F)cc1O)C(F)(F)F. The van der Waals surface area contributed by atoms with Gasteiger partial charge in [-0.25, -0.2) is 8.78 Å². The summed E-state index contributed by atoms with van der Waals surface area (Å²) in [6.45, 7) is 0. The number of ketones is 1. The Morgan fingerprint density at radius 2 is 1.60 bits per heavy atom. The van der Waals surface area contributed by atoms with Gasteiger partial charge in [0.2, 0.25) is 0 Å². The standard InChI is InChI=1S/C8H3F5O2/c9-4-1-3(6(14)2-5(4)10)7(15)8(11,12)13/h1-2,14H. The van der Waals surface area contributed by atoms with E-state index in [0.29, 0.717) is 0 Å². The summed E-state index contributed by atoms with van der Waals surface area (Å²) in [6, 6.07) is 0.106. The average Bonchev–Trinajstić information content (AvgIpc) is 2.08. The van der Waals surface area contributed by atoms with Crippen LogP contribution in [0.5, 0.6) is 5.75 Å². The van der Waals surface area contributed by atoms with E-state index < -0.39 is 34.9 Å². The van der Waals surface area contributed by atoms with Gasteiger partial charge in [0.1, 0.15) is 5.75 Å². The molecule has 0 saturated carbocycles. The summed E-state index contributed by atoms with van der Waals surface area (Å²) in [7, 11) is 0. The fourth-order valence-electron chi connectivity index (χ4n) is 0.871. The molecule has 7 heteroatoms. The zero-order valence-corrected chi connectivity index (χ0v) is 6.90. The van der Waals surface area contributed by atoms with Gasteiger partial charge in [-0.05, 0) is 6.07 Å². The Kier molecular flexibility index (Phi) is 2.65. The van der Waals surface area contributed by atoms with E-state index in [1.165, 1.54) is 0 Å². The summed E-state index contributed by atoms with van der Waals surface area (Å²) in [4.78, 5) is 10.6. The molecule has 1 N–H and O–H groups in total. The highest BCUT2D eigenvalue weighted by Gasteiger charge is 2.41. The van der Waals surface area contributed by atoms with Gasteiger partial charge in [0, 0.05) is 6.07 Å². The molecule has 0 amide bonds. The molecule has 0 fully saturated rings. The molecule has 1 aromatic carbocycles. The van der Waals surface area contributed by atoms with Crippen LogP contribution >= 0.6 is 0 Å². The van der Waals surface area contributed by atoms with Crippen molar-refractivity contribution in [2.75, 3.05) is 0 Å². The van der Waals surface area contributed by atoms with Crippen LogP contribution in [0.1, 0.15) is 10.4 Å². The second-order valence-electron chi connectivity index (χ2n) is 2.61. The van der Waals surface area contributed by atoms with Crippen LogP contribution in [0.3, 0.4) is 0 Å². The Bertz CT molecular complexity index is 410. The van der Waals surface area contributed by atoms with E-state index in [1.54, 1.807) is 0 Å². The Morgan fingerprint density at radius 1 is 1.13 bits per heavy atom. The monoisotopic (exact) mass is 226 g/mol. The van der Waals surface area contributed by atoms with Crippen molar-refractivity contribution in [3.05, 3.63) is 29.3 Å². The minimum atomic E-state index is -5.25. The van der Waals surface area contributed by atoms with Crippen LogP contribution in [0, 0.1) is 11.6 Å². The van der Waals surface area contributed by atoms with Gasteiger partial charge in [0.25, 0.3) is 5.78 Å². The van der Waals surface area contributed by atoms with Gasteiger partial charge in [0.05, 0.1) is 5.56 Å². The first kappa shape index (κ1) is 11.4. The van der Waals surface area contributed by atoms with Gasteiger partial charge >= 0.3 is 6.18 Å². The number of hydrogen-bond acceptors (Lipinski definition) is 2. The van der Waals surface area contributed by atoms with Gasteiger partial charge in [-0.1, -0.05) is 0 Å². The highest BCUT2D eigenvalue weighted by Crippen LogP contribution is 2.28. The largest absolute Gasteiger partial charge is 0.507 e. The van der Waals surface area contributed by atoms with E-state index in [4.69, 9.17) is 5.11 Å². The maximum atomic E-state index is 12.5. The number of hydrogen-bond donors (Lipinski definition) is 1. The minimum absolute atomic E-state index is 0.000486. The Labute approximate surface area is 79.9 Å². The quantitative estimate of drug-likeness (QED) is 0.589. The van der Waals surface area contributed by atoms with E-state index >= 15 is 0 Å². The number of phenols is 1. The molecular weight excluding hydrogens is 223 g/mol. The molecule has 0 spiro atoms. The van der Waals surface area contributed by atoms with Crippen molar-refractivity contribution in [3.63, 3.8) is 0 Å². The molecule has 2 nitrogen and oxygen atoms in total. The molecule has 0 saturated heterocycles. The third kappa shape index (κ3) is 2.23. The zero-order chi connectivity index (χ0) is 11.8. The molecule has 15 heavy (non-hydrogen) atoms. The number of benzene rings is 1. The van der Waals surface area contributed by atoms with Crippen molar-refractivity contribution in [3.8, 4) is 5.75 Å². The van der Waals surface area contributed by atoms with Gasteiger partial charge < -0.3 is 5.11 Å². The molecule has 0 aromatic heterocycles. The molecule has 1 aromatic rings. The lowest BCUT2D eigenvalue weighted by Crippen LogP contribution is -2.23. The highest BCUT2D eigenvalue weighted by atomic mass is 19.4. The van der Waals surface area contributed by atoms with Crippen LogP contribution in [0.25, 0.3) is 0 Å². The third-order valence-corrected chi connectivity index (χ3v) is 1.54. The van der Waals surface area contributed by atoms with Gasteiger partial charge in [-0.3, -0.25) is 4.79 Å². The first-order chi connectivity index (χ1) is 6.73. The molecule has 0 aliphatic heterocycles. The number of carbonyl (C=O) groups is 1. The number of carbonyl (C=O) groups excluding carboxylic acids is 1. The summed E-state index contributed by atoms with van der Waals surface area (Å²) in [5.41, 5.74) is -1.32. The van der Waals surface area contributed by atoms with Crippen molar-refractivity contribution in [2.24, 2.45) is 0 Å². The molecule has 0 atom stereocenters. The van der Waals surface area contributed by atoms with Crippen LogP contribution in [0.15, 0.2) is 12.1 Å². The maximum absolute atomic E-state index is 12.5. The van der Waals surface area contributed by atoms with Crippen molar-refractivity contribution in [1.29, 1.82) is 0 Å². The predicted octanol–water partition coefficient (Wildman–Crippen LogP) is 2.42. The van der Waals surface area contributed by atoms with Crippen molar-refractivity contribution in [2.45, 2.75) is 6.18 Å². The van der Waals surface area contributed by atoms with Crippen LogP contribution in [-0.2, 0) is 0 Å². The lowest BCUT2D eigenvalue weighted by Gasteiger charge is -2.07. The van der Waals surface area contributed by atoms with Gasteiger partial charge in [-0.2, -0.15) is 13.2 Å². The number of phenolic OH excluding ortho intramolecular Hbond substituents is 1. The van der Waals surface area contributed by atoms with Crippen LogP contribution in [0.4, 0.5) is 22.0 Å². The topological polar surface area (TPSA) is 37.3 Å².